The molecule has 0 bridgehead atoms. The summed E-state index contributed by atoms with van der Waals surface area (Å²) in [6.45, 7) is -2.59. The Morgan fingerprint density at radius 1 is 1.82 bits per heavy atom. The zero-order valence-corrected chi connectivity index (χ0v) is 5.98. The van der Waals surface area contributed by atoms with Gasteiger partial charge in [0.1, 0.15) is 5.52 Å². The molecule has 2 aromatic rings. The van der Waals surface area contributed by atoms with Crippen LogP contribution in [0.3, 0.4) is 0 Å². The molecule has 0 unspecified atom stereocenters. The fraction of sp³-hybridized carbons (Fsp3) is 0.143. The molecule has 11 heavy (non-hydrogen) atoms. The first-order valence-electron chi connectivity index (χ1n) is 5.76. The van der Waals surface area contributed by atoms with Gasteiger partial charge in [0, 0.05) is 4.11 Å². The molecule has 0 saturated carbocycles. The molecular formula is C7H6ClN3. The standard InChI is InChI=1S/C7H6ClN3/c1-5-4-11-6(2-3-9-11)7(8)10-5/h2-4H,1H3/i1D3,2D,3D,4D. The molecule has 0 aliphatic heterocycles. The van der Waals surface area contributed by atoms with Crippen LogP contribution in [-0.2, 0) is 0 Å². The predicted octanol–water partition coefficient (Wildman–Crippen LogP) is 1.69. The molecular weight excluding hydrogens is 162 g/mol. The van der Waals surface area contributed by atoms with Gasteiger partial charge in [-0.15, -0.1) is 0 Å². The predicted molar refractivity (Wildman–Crippen MR) is 42.7 cm³/mol. The van der Waals surface area contributed by atoms with Crippen molar-refractivity contribution in [2.24, 2.45) is 0 Å². The van der Waals surface area contributed by atoms with Crippen molar-refractivity contribution in [2.45, 2.75) is 6.85 Å². The molecule has 0 aliphatic carbocycles. The van der Waals surface area contributed by atoms with Gasteiger partial charge in [0.15, 0.2) is 5.15 Å². The maximum atomic E-state index is 7.65. The summed E-state index contributed by atoms with van der Waals surface area (Å²) in [4.78, 5) is 3.60. The van der Waals surface area contributed by atoms with Gasteiger partial charge in [-0.3, -0.25) is 0 Å². The highest BCUT2D eigenvalue weighted by atomic mass is 35.5. The zero-order chi connectivity index (χ0) is 13.0. The molecule has 3 nitrogen and oxygen atoms in total. The topological polar surface area (TPSA) is 30.2 Å². The molecule has 4 heteroatoms. The van der Waals surface area contributed by atoms with Crippen molar-refractivity contribution in [2.75, 3.05) is 0 Å². The highest BCUT2D eigenvalue weighted by Crippen LogP contribution is 2.13. The number of rotatable bonds is 0. The first-order chi connectivity index (χ1) is 7.73. The molecule has 56 valence electrons. The van der Waals surface area contributed by atoms with Crippen LogP contribution in [0.25, 0.3) is 5.52 Å². The van der Waals surface area contributed by atoms with Gasteiger partial charge in [0.05, 0.1) is 22.2 Å². The Morgan fingerprint density at radius 3 is 3.55 bits per heavy atom. The number of aryl methyl sites for hydroxylation is 1. The normalized spacial score (nSPS) is 19.7. The molecule has 2 rings (SSSR count). The van der Waals surface area contributed by atoms with E-state index in [0.717, 1.165) is 4.52 Å². The molecule has 0 saturated heterocycles. The van der Waals surface area contributed by atoms with E-state index >= 15 is 0 Å². The lowest BCUT2D eigenvalue weighted by molar-refractivity contribution is 0.928. The lowest BCUT2D eigenvalue weighted by atomic mass is 10.5. The van der Waals surface area contributed by atoms with Crippen molar-refractivity contribution in [1.29, 1.82) is 0 Å². The Kier molecular flexibility index (Phi) is 0.551. The molecule has 0 radical (unpaired) electrons. The smallest absolute Gasteiger partial charge is 0.155 e. The van der Waals surface area contributed by atoms with Crippen molar-refractivity contribution in [1.82, 2.24) is 14.6 Å². The van der Waals surface area contributed by atoms with Gasteiger partial charge >= 0.3 is 0 Å². The van der Waals surface area contributed by atoms with Gasteiger partial charge in [-0.1, -0.05) is 11.6 Å². The number of aromatic nitrogens is 3. The van der Waals surface area contributed by atoms with Crippen LogP contribution in [0.2, 0.25) is 5.15 Å². The molecule has 0 spiro atoms. The number of hydrogen-bond donors (Lipinski definition) is 0. The van der Waals surface area contributed by atoms with Gasteiger partial charge < -0.3 is 0 Å². The summed E-state index contributed by atoms with van der Waals surface area (Å²) in [5.74, 6) is 0. The lowest BCUT2D eigenvalue weighted by Gasteiger charge is -1.96. The van der Waals surface area contributed by atoms with E-state index in [1.54, 1.807) is 0 Å². The van der Waals surface area contributed by atoms with Gasteiger partial charge in [-0.25, -0.2) is 9.50 Å². The quantitative estimate of drug-likeness (QED) is 0.607. The molecule has 0 atom stereocenters. The van der Waals surface area contributed by atoms with Gasteiger partial charge in [-0.2, -0.15) is 5.10 Å². The minimum absolute atomic E-state index is 0.0327. The summed E-state index contributed by atoms with van der Waals surface area (Å²) in [7, 11) is 0. The summed E-state index contributed by atoms with van der Waals surface area (Å²) in [6.07, 6.45) is -0.874. The maximum Gasteiger partial charge on any atom is 0.155 e. The average Bonchev–Trinajstić information content (AvgIpc) is 2.49. The summed E-state index contributed by atoms with van der Waals surface area (Å²) in [5, 5.41) is 3.33. The van der Waals surface area contributed by atoms with Crippen LogP contribution in [0.5, 0.6) is 0 Å². The van der Waals surface area contributed by atoms with Crippen LogP contribution >= 0.6 is 11.6 Å². The molecule has 0 aliphatic rings. The first-order valence-corrected chi connectivity index (χ1v) is 3.13. The zero-order valence-electron chi connectivity index (χ0n) is 11.2. The largest absolute Gasteiger partial charge is 0.238 e. The SMILES string of the molecule is [2H]c1nn2c([2H])c(C([2H])([2H])[2H])nc(Cl)c2c1[2H]. The number of nitrogens with zero attached hydrogens (tertiary/aromatic N) is 3. The average molecular weight is 174 g/mol. The Bertz CT molecular complexity index is 604. The van der Waals surface area contributed by atoms with E-state index in [0.29, 0.717) is 0 Å². The van der Waals surface area contributed by atoms with Gasteiger partial charge in [-0.05, 0) is 12.9 Å². The number of halogens is 1. The molecule has 2 aromatic heterocycles. The Labute approximate surface area is 77.1 Å². The molecule has 2 heterocycles. The third-order valence-electron chi connectivity index (χ3n) is 1.15. The lowest BCUT2D eigenvalue weighted by Crippen LogP contribution is -1.91. The summed E-state index contributed by atoms with van der Waals surface area (Å²) in [5.41, 5.74) is -0.535. The minimum atomic E-state index is -2.59. The first kappa shape index (κ1) is 2.75. The Balaban J connectivity index is 2.91. The van der Waals surface area contributed by atoms with Crippen molar-refractivity contribution >= 4 is 17.1 Å². The number of hydrogen-bond acceptors (Lipinski definition) is 2. The van der Waals surface area contributed by atoms with E-state index in [-0.39, 0.29) is 22.9 Å². The van der Waals surface area contributed by atoms with Crippen molar-refractivity contribution in [3.8, 4) is 0 Å². The van der Waals surface area contributed by atoms with Crippen LogP contribution in [0.1, 0.15) is 13.9 Å². The van der Waals surface area contributed by atoms with Crippen LogP contribution in [-0.4, -0.2) is 14.6 Å². The summed E-state index contributed by atoms with van der Waals surface area (Å²) >= 11 is 5.75. The van der Waals surface area contributed by atoms with E-state index in [2.05, 4.69) is 10.1 Å². The number of fused-ring (bicyclic) bond motifs is 1. The second-order valence-electron chi connectivity index (χ2n) is 1.86. The van der Waals surface area contributed by atoms with Crippen LogP contribution in [0, 0.1) is 6.85 Å². The maximum absolute atomic E-state index is 7.65. The third-order valence-corrected chi connectivity index (χ3v) is 1.42. The monoisotopic (exact) mass is 173 g/mol. The van der Waals surface area contributed by atoms with Crippen molar-refractivity contribution < 1.29 is 8.22 Å². The molecule has 0 aromatic carbocycles. The molecule has 0 N–H and O–H groups in total. The fourth-order valence-corrected chi connectivity index (χ4v) is 0.939. The van der Waals surface area contributed by atoms with Gasteiger partial charge in [0.25, 0.3) is 0 Å². The third kappa shape index (κ3) is 0.973. The van der Waals surface area contributed by atoms with Crippen LogP contribution in [0.15, 0.2) is 18.4 Å². The van der Waals surface area contributed by atoms with E-state index in [4.69, 9.17) is 19.8 Å². The Hall–Kier alpha value is -1.09. The van der Waals surface area contributed by atoms with Crippen LogP contribution in [0.4, 0.5) is 0 Å². The van der Waals surface area contributed by atoms with E-state index in [9.17, 15) is 0 Å². The van der Waals surface area contributed by atoms with Gasteiger partial charge in [0.2, 0.25) is 0 Å². The highest BCUT2D eigenvalue weighted by molar-refractivity contribution is 6.32. The second kappa shape index (κ2) is 2.20. The van der Waals surface area contributed by atoms with Crippen molar-refractivity contribution in [3.05, 3.63) is 29.2 Å². The molecule has 0 fully saturated rings. The van der Waals surface area contributed by atoms with E-state index in [1.807, 2.05) is 0 Å². The highest BCUT2D eigenvalue weighted by Gasteiger charge is 2.00. The summed E-state index contributed by atoms with van der Waals surface area (Å²) in [6, 6.07) is -0.284. The fourth-order valence-electron chi connectivity index (χ4n) is 0.727. The van der Waals surface area contributed by atoms with Crippen molar-refractivity contribution in [3.63, 3.8) is 0 Å². The van der Waals surface area contributed by atoms with Crippen LogP contribution < -0.4 is 0 Å². The second-order valence-corrected chi connectivity index (χ2v) is 2.22. The molecule has 0 amide bonds. The van der Waals surface area contributed by atoms with E-state index < -0.39 is 18.7 Å². The van der Waals surface area contributed by atoms with E-state index in [1.165, 1.54) is 0 Å². The summed E-state index contributed by atoms with van der Waals surface area (Å²) < 4.78 is 45.0. The minimum Gasteiger partial charge on any atom is -0.238 e. The Morgan fingerprint density at radius 2 is 2.73 bits per heavy atom.